The van der Waals surface area contributed by atoms with Crippen LogP contribution in [0.25, 0.3) is 0 Å². The summed E-state index contributed by atoms with van der Waals surface area (Å²) in [7, 11) is 2.09. The minimum Gasteiger partial charge on any atom is -0.497 e. The fraction of sp³-hybridized carbons (Fsp3) is 0.316. The number of carbonyl (C=O) groups excluding carboxylic acids is 1. The Morgan fingerprint density at radius 2 is 2.04 bits per heavy atom. The molecule has 2 aromatic rings. The van der Waals surface area contributed by atoms with Gasteiger partial charge in [0.05, 0.1) is 12.0 Å². The van der Waals surface area contributed by atoms with Crippen LogP contribution >= 0.6 is 15.9 Å². The lowest BCUT2D eigenvalue weighted by Crippen LogP contribution is -2.24. The van der Waals surface area contributed by atoms with Crippen molar-refractivity contribution < 1.29 is 13.7 Å². The zero-order valence-electron chi connectivity index (χ0n) is 15.1. The third-order valence-electron chi connectivity index (χ3n) is 3.79. The quantitative estimate of drug-likeness (QED) is 0.682. The van der Waals surface area contributed by atoms with Crippen molar-refractivity contribution in [3.05, 3.63) is 58.1 Å². The maximum absolute atomic E-state index is 12.6. The zero-order valence-corrected chi connectivity index (χ0v) is 17.5. The van der Waals surface area contributed by atoms with E-state index in [1.54, 1.807) is 29.6 Å². The molecular weight excluding hydrogens is 416 g/mol. The van der Waals surface area contributed by atoms with Gasteiger partial charge in [0.15, 0.2) is 0 Å². The van der Waals surface area contributed by atoms with Crippen LogP contribution in [0, 0.1) is 0 Å². The number of ether oxygens (including phenoxy) is 1. The van der Waals surface area contributed by atoms with Crippen LogP contribution in [0.15, 0.2) is 51.8 Å². The van der Waals surface area contributed by atoms with Gasteiger partial charge in [0.2, 0.25) is 0 Å². The Kier molecular flexibility index (Phi) is 7.81. The highest BCUT2D eigenvalue weighted by molar-refractivity contribution is 9.10. The Balaban J connectivity index is 2.11. The van der Waals surface area contributed by atoms with Crippen LogP contribution < -0.4 is 10.1 Å². The Labute approximate surface area is 165 Å². The summed E-state index contributed by atoms with van der Waals surface area (Å²) in [5.41, 5.74) is 1.42. The van der Waals surface area contributed by atoms with E-state index < -0.39 is 11.0 Å². The third-order valence-corrected chi connectivity index (χ3v) is 6.21. The molecule has 1 atom stereocenters. The molecule has 0 bridgehead atoms. The van der Waals surface area contributed by atoms with Crippen molar-refractivity contribution >= 4 is 32.8 Å². The first kappa shape index (κ1) is 20.6. The van der Waals surface area contributed by atoms with E-state index in [9.17, 15) is 9.00 Å². The first-order valence-electron chi connectivity index (χ1n) is 8.30. The minimum absolute atomic E-state index is 0.211. The third kappa shape index (κ3) is 5.40. The largest absolute Gasteiger partial charge is 0.497 e. The van der Waals surface area contributed by atoms with Gasteiger partial charge in [-0.3, -0.25) is 4.79 Å². The van der Waals surface area contributed by atoms with Crippen molar-refractivity contribution in [2.45, 2.75) is 24.8 Å². The molecule has 2 rings (SSSR count). The number of nitrogens with zero attached hydrogens (tertiary/aromatic N) is 1. The molecule has 0 saturated carbocycles. The molecule has 0 saturated heterocycles. The summed E-state index contributed by atoms with van der Waals surface area (Å²) in [5.74, 6) is 0.536. The van der Waals surface area contributed by atoms with Gasteiger partial charge >= 0.3 is 0 Å². The van der Waals surface area contributed by atoms with Crippen LogP contribution in [0.2, 0.25) is 0 Å². The molecule has 140 valence electrons. The molecule has 26 heavy (non-hydrogen) atoms. The number of hydrogen-bond acceptors (Lipinski definition) is 3. The molecule has 0 aliphatic heterocycles. The van der Waals surface area contributed by atoms with E-state index >= 15 is 0 Å². The Morgan fingerprint density at radius 3 is 2.73 bits per heavy atom. The van der Waals surface area contributed by atoms with Crippen LogP contribution in [0.1, 0.15) is 29.3 Å². The molecule has 5 nitrogen and oxygen atoms in total. The van der Waals surface area contributed by atoms with Crippen molar-refractivity contribution in [3.8, 4) is 5.75 Å². The van der Waals surface area contributed by atoms with E-state index in [1.807, 2.05) is 38.2 Å². The van der Waals surface area contributed by atoms with E-state index in [0.29, 0.717) is 23.5 Å². The lowest BCUT2D eigenvalue weighted by atomic mass is 10.2. The molecule has 1 amide bonds. The summed E-state index contributed by atoms with van der Waals surface area (Å²) in [6.45, 7) is 3.14. The smallest absolute Gasteiger partial charge is 0.251 e. The van der Waals surface area contributed by atoms with E-state index in [0.717, 1.165) is 22.2 Å². The number of methoxy groups -OCH3 is 1. The summed E-state index contributed by atoms with van der Waals surface area (Å²) in [4.78, 5) is 13.1. The highest BCUT2D eigenvalue weighted by Gasteiger charge is 2.16. The van der Waals surface area contributed by atoms with Crippen LogP contribution in [0.3, 0.4) is 0 Å². The summed E-state index contributed by atoms with van der Waals surface area (Å²) in [5, 5.41) is 2.88. The second-order valence-corrected chi connectivity index (χ2v) is 8.20. The average Bonchev–Trinajstić information content (AvgIpc) is 2.66. The number of benzene rings is 2. The van der Waals surface area contributed by atoms with Gasteiger partial charge in [-0.1, -0.05) is 19.1 Å². The van der Waals surface area contributed by atoms with Crippen molar-refractivity contribution in [1.29, 1.82) is 0 Å². The molecule has 0 spiro atoms. The molecule has 0 aliphatic rings. The first-order valence-corrected chi connectivity index (χ1v) is 10.2. The van der Waals surface area contributed by atoms with Gasteiger partial charge < -0.3 is 10.1 Å². The van der Waals surface area contributed by atoms with Gasteiger partial charge in [-0.05, 0) is 58.2 Å². The number of amides is 1. The zero-order chi connectivity index (χ0) is 19.1. The molecule has 0 aliphatic carbocycles. The summed E-state index contributed by atoms with van der Waals surface area (Å²) in [6.07, 6.45) is 0.903. The van der Waals surface area contributed by atoms with Crippen molar-refractivity contribution in [3.63, 3.8) is 0 Å². The Morgan fingerprint density at radius 1 is 1.27 bits per heavy atom. The van der Waals surface area contributed by atoms with Crippen molar-refractivity contribution in [2.75, 3.05) is 20.7 Å². The van der Waals surface area contributed by atoms with Gasteiger partial charge in [-0.2, -0.15) is 0 Å². The lowest BCUT2D eigenvalue weighted by Gasteiger charge is -2.16. The van der Waals surface area contributed by atoms with Crippen molar-refractivity contribution in [2.24, 2.45) is 0 Å². The molecule has 0 radical (unpaired) electrons. The Hall–Kier alpha value is -1.70. The number of halogens is 1. The second kappa shape index (κ2) is 9.85. The SMILES string of the molecule is CCCN(C)S(=O)c1cc(C(=O)NCc2cccc(OC)c2)ccc1Br. The summed E-state index contributed by atoms with van der Waals surface area (Å²) < 4.78 is 20.3. The highest BCUT2D eigenvalue weighted by Crippen LogP contribution is 2.23. The molecule has 7 heteroatoms. The average molecular weight is 439 g/mol. The van der Waals surface area contributed by atoms with E-state index in [1.165, 1.54) is 0 Å². The molecule has 1 unspecified atom stereocenters. The maximum atomic E-state index is 12.6. The highest BCUT2D eigenvalue weighted by atomic mass is 79.9. The normalized spacial score (nSPS) is 12.0. The fourth-order valence-electron chi connectivity index (χ4n) is 2.41. The van der Waals surface area contributed by atoms with Gasteiger partial charge in [0.1, 0.15) is 16.7 Å². The topological polar surface area (TPSA) is 58.6 Å². The van der Waals surface area contributed by atoms with E-state index in [2.05, 4.69) is 21.2 Å². The second-order valence-electron chi connectivity index (χ2n) is 5.78. The molecule has 0 heterocycles. The molecule has 0 aromatic heterocycles. The molecule has 1 N–H and O–H groups in total. The van der Waals surface area contributed by atoms with Crippen LogP contribution in [-0.4, -0.2) is 35.1 Å². The molecule has 2 aromatic carbocycles. The summed E-state index contributed by atoms with van der Waals surface area (Å²) >= 11 is 3.43. The lowest BCUT2D eigenvalue weighted by molar-refractivity contribution is 0.0950. The summed E-state index contributed by atoms with van der Waals surface area (Å²) in [6, 6.07) is 12.7. The van der Waals surface area contributed by atoms with Crippen LogP contribution in [0.5, 0.6) is 5.75 Å². The van der Waals surface area contributed by atoms with Gasteiger partial charge in [-0.25, -0.2) is 8.51 Å². The first-order chi connectivity index (χ1) is 12.5. The van der Waals surface area contributed by atoms with Crippen molar-refractivity contribution in [1.82, 2.24) is 9.62 Å². The van der Waals surface area contributed by atoms with Gasteiger partial charge in [0, 0.05) is 30.2 Å². The number of hydrogen-bond donors (Lipinski definition) is 1. The minimum atomic E-state index is -1.32. The van der Waals surface area contributed by atoms with Crippen LogP contribution in [-0.2, 0) is 17.5 Å². The number of rotatable bonds is 8. The molecule has 0 fully saturated rings. The molecular formula is C19H23BrN2O3S. The standard InChI is InChI=1S/C19H23BrN2O3S/c1-4-10-22(2)26(24)18-12-15(8-9-17(18)20)19(23)21-13-14-6-5-7-16(11-14)25-3/h5-9,11-12H,4,10,13H2,1-3H3,(H,21,23). The maximum Gasteiger partial charge on any atom is 0.251 e. The predicted octanol–water partition coefficient (Wildman–Crippen LogP) is 3.75. The van der Waals surface area contributed by atoms with E-state index in [4.69, 9.17) is 4.74 Å². The monoisotopic (exact) mass is 438 g/mol. The van der Waals surface area contributed by atoms with Gasteiger partial charge in [-0.15, -0.1) is 0 Å². The Bertz CT molecular complexity index is 798. The van der Waals surface area contributed by atoms with Gasteiger partial charge in [0.25, 0.3) is 5.91 Å². The fourth-order valence-corrected chi connectivity index (χ4v) is 4.22. The predicted molar refractivity (Wildman–Crippen MR) is 108 cm³/mol. The number of carbonyl (C=O) groups is 1. The van der Waals surface area contributed by atoms with E-state index in [-0.39, 0.29) is 5.91 Å². The number of nitrogens with one attached hydrogen (secondary N) is 1. The van der Waals surface area contributed by atoms with Crippen LogP contribution in [0.4, 0.5) is 0 Å².